The Labute approximate surface area is 110 Å². The molecule has 1 aromatic rings. The molecule has 1 amide bonds. The molecule has 1 fully saturated rings. The summed E-state index contributed by atoms with van der Waals surface area (Å²) in [5.41, 5.74) is 0.163. The Morgan fingerprint density at radius 2 is 2.17 bits per heavy atom. The molecular formula is C12H16N2O3S. The molecule has 1 atom stereocenters. The topological polar surface area (TPSA) is 68.3 Å². The van der Waals surface area contributed by atoms with E-state index in [9.17, 15) is 9.59 Å². The first-order valence-corrected chi connectivity index (χ1v) is 6.58. The second-order valence-electron chi connectivity index (χ2n) is 4.98. The number of hydrogen-bond acceptors (Lipinski definition) is 5. The smallest absolute Gasteiger partial charge is 0.307 e. The monoisotopic (exact) mass is 268 g/mol. The molecule has 1 aliphatic rings. The maximum atomic E-state index is 12.1. The van der Waals surface area contributed by atoms with Gasteiger partial charge in [-0.2, -0.15) is 0 Å². The van der Waals surface area contributed by atoms with Crippen molar-refractivity contribution in [1.82, 2.24) is 4.98 Å². The minimum absolute atomic E-state index is 0.127. The van der Waals surface area contributed by atoms with E-state index in [-0.39, 0.29) is 18.3 Å². The average Bonchev–Trinajstić information content (AvgIpc) is 2.67. The van der Waals surface area contributed by atoms with Crippen LogP contribution in [0.3, 0.4) is 0 Å². The first kappa shape index (κ1) is 13.0. The van der Waals surface area contributed by atoms with E-state index in [4.69, 9.17) is 4.74 Å². The summed E-state index contributed by atoms with van der Waals surface area (Å²) >= 11 is 1.43. The van der Waals surface area contributed by atoms with Gasteiger partial charge in [0.15, 0.2) is 5.13 Å². The molecule has 5 nitrogen and oxygen atoms in total. The van der Waals surface area contributed by atoms with Gasteiger partial charge >= 0.3 is 5.97 Å². The standard InChI is InChI=1S/C12H16N2O3S/c1-6-7(2)18-11(13-6)14-10(16)8-5-9(15)17-12(8,3)4/h8H,5H2,1-4H3,(H,13,14,16). The highest BCUT2D eigenvalue weighted by Crippen LogP contribution is 2.33. The molecule has 2 heterocycles. The first-order valence-electron chi connectivity index (χ1n) is 5.76. The van der Waals surface area contributed by atoms with E-state index in [1.165, 1.54) is 11.3 Å². The van der Waals surface area contributed by atoms with E-state index in [1.54, 1.807) is 13.8 Å². The highest BCUT2D eigenvalue weighted by Gasteiger charge is 2.46. The maximum absolute atomic E-state index is 12.1. The lowest BCUT2D eigenvalue weighted by Gasteiger charge is -2.23. The zero-order valence-corrected chi connectivity index (χ0v) is 11.7. The van der Waals surface area contributed by atoms with Crippen LogP contribution in [0, 0.1) is 19.8 Å². The summed E-state index contributed by atoms with van der Waals surface area (Å²) in [4.78, 5) is 28.7. The van der Waals surface area contributed by atoms with Crippen LogP contribution in [0.2, 0.25) is 0 Å². The highest BCUT2D eigenvalue weighted by atomic mass is 32.1. The van der Waals surface area contributed by atoms with Crippen molar-refractivity contribution in [2.24, 2.45) is 5.92 Å². The number of thiazole rings is 1. The van der Waals surface area contributed by atoms with Crippen LogP contribution in [0.25, 0.3) is 0 Å². The number of ether oxygens (including phenoxy) is 1. The summed E-state index contributed by atoms with van der Waals surface area (Å²) in [7, 11) is 0. The number of esters is 1. The van der Waals surface area contributed by atoms with Crippen LogP contribution in [0.5, 0.6) is 0 Å². The van der Waals surface area contributed by atoms with E-state index in [0.29, 0.717) is 5.13 Å². The zero-order valence-electron chi connectivity index (χ0n) is 10.9. The lowest BCUT2D eigenvalue weighted by molar-refractivity contribution is -0.147. The molecule has 6 heteroatoms. The molecule has 98 valence electrons. The summed E-state index contributed by atoms with van der Waals surface area (Å²) < 4.78 is 5.13. The fourth-order valence-corrected chi connectivity index (χ4v) is 2.76. The number of carbonyl (C=O) groups excluding carboxylic acids is 2. The van der Waals surface area contributed by atoms with Crippen molar-refractivity contribution >= 4 is 28.3 Å². The summed E-state index contributed by atoms with van der Waals surface area (Å²) in [6, 6.07) is 0. The molecule has 1 saturated heterocycles. The summed E-state index contributed by atoms with van der Waals surface area (Å²) in [5, 5.41) is 3.33. The molecule has 1 aromatic heterocycles. The van der Waals surface area contributed by atoms with Crippen molar-refractivity contribution in [2.75, 3.05) is 5.32 Å². The number of nitrogens with zero attached hydrogens (tertiary/aromatic N) is 1. The van der Waals surface area contributed by atoms with Crippen LogP contribution in [-0.2, 0) is 14.3 Å². The molecule has 0 aromatic carbocycles. The third kappa shape index (κ3) is 2.38. The quantitative estimate of drug-likeness (QED) is 0.833. The molecular weight excluding hydrogens is 252 g/mol. The normalized spacial score (nSPS) is 21.8. The maximum Gasteiger partial charge on any atom is 0.307 e. The Kier molecular flexibility index (Phi) is 3.14. The Bertz CT molecular complexity index is 488. The molecule has 1 unspecified atom stereocenters. The van der Waals surface area contributed by atoms with Gasteiger partial charge in [0.25, 0.3) is 0 Å². The van der Waals surface area contributed by atoms with Crippen molar-refractivity contribution in [3.8, 4) is 0 Å². The SMILES string of the molecule is Cc1nc(NC(=O)C2CC(=O)OC2(C)C)sc1C. The van der Waals surface area contributed by atoms with Gasteiger partial charge in [0.2, 0.25) is 5.91 Å². The number of nitrogens with one attached hydrogen (secondary N) is 1. The average molecular weight is 268 g/mol. The van der Waals surface area contributed by atoms with Crippen LogP contribution < -0.4 is 5.32 Å². The number of carbonyl (C=O) groups is 2. The number of aromatic nitrogens is 1. The Morgan fingerprint density at radius 3 is 2.61 bits per heavy atom. The van der Waals surface area contributed by atoms with Crippen molar-refractivity contribution in [3.63, 3.8) is 0 Å². The highest BCUT2D eigenvalue weighted by molar-refractivity contribution is 7.15. The minimum Gasteiger partial charge on any atom is -0.459 e. The van der Waals surface area contributed by atoms with E-state index < -0.39 is 11.5 Å². The second kappa shape index (κ2) is 4.35. The Hall–Kier alpha value is -1.43. The molecule has 0 aliphatic carbocycles. The second-order valence-corrected chi connectivity index (χ2v) is 6.19. The van der Waals surface area contributed by atoms with Crippen LogP contribution in [0.4, 0.5) is 5.13 Å². The van der Waals surface area contributed by atoms with Gasteiger partial charge in [-0.25, -0.2) is 4.98 Å². The van der Waals surface area contributed by atoms with E-state index in [1.807, 2.05) is 13.8 Å². The van der Waals surface area contributed by atoms with Crippen molar-refractivity contribution < 1.29 is 14.3 Å². The predicted octanol–water partition coefficient (Wildman–Crippen LogP) is 2.04. The van der Waals surface area contributed by atoms with Gasteiger partial charge in [-0.3, -0.25) is 9.59 Å². The van der Waals surface area contributed by atoms with Gasteiger partial charge in [0.05, 0.1) is 18.0 Å². The Balaban J connectivity index is 2.11. The molecule has 0 bridgehead atoms. The van der Waals surface area contributed by atoms with Crippen LogP contribution in [-0.4, -0.2) is 22.5 Å². The van der Waals surface area contributed by atoms with E-state index >= 15 is 0 Å². The number of amides is 1. The van der Waals surface area contributed by atoms with Gasteiger partial charge in [0.1, 0.15) is 5.60 Å². The molecule has 0 saturated carbocycles. The number of rotatable bonds is 2. The van der Waals surface area contributed by atoms with E-state index in [0.717, 1.165) is 10.6 Å². The van der Waals surface area contributed by atoms with Crippen LogP contribution in [0.1, 0.15) is 30.8 Å². The predicted molar refractivity (Wildman–Crippen MR) is 68.5 cm³/mol. The number of anilines is 1. The lowest BCUT2D eigenvalue weighted by atomic mass is 9.90. The van der Waals surface area contributed by atoms with Crippen molar-refractivity contribution in [1.29, 1.82) is 0 Å². The molecule has 0 radical (unpaired) electrons. The van der Waals surface area contributed by atoms with E-state index in [2.05, 4.69) is 10.3 Å². The molecule has 1 N–H and O–H groups in total. The fourth-order valence-electron chi connectivity index (χ4n) is 1.95. The summed E-state index contributed by atoms with van der Waals surface area (Å²) in [6.45, 7) is 7.35. The Morgan fingerprint density at radius 1 is 1.50 bits per heavy atom. The molecule has 1 aliphatic heterocycles. The van der Waals surface area contributed by atoms with Crippen LogP contribution >= 0.6 is 11.3 Å². The molecule has 0 spiro atoms. The van der Waals surface area contributed by atoms with Crippen LogP contribution in [0.15, 0.2) is 0 Å². The first-order chi connectivity index (χ1) is 8.29. The lowest BCUT2D eigenvalue weighted by Crippen LogP contribution is -2.36. The third-order valence-electron chi connectivity index (χ3n) is 3.16. The molecule has 18 heavy (non-hydrogen) atoms. The number of hydrogen-bond donors (Lipinski definition) is 1. The number of aryl methyl sites for hydroxylation is 2. The van der Waals surface area contributed by atoms with Gasteiger partial charge < -0.3 is 10.1 Å². The third-order valence-corrected chi connectivity index (χ3v) is 4.15. The van der Waals surface area contributed by atoms with Crippen molar-refractivity contribution in [3.05, 3.63) is 10.6 Å². The van der Waals surface area contributed by atoms with Gasteiger partial charge in [-0.1, -0.05) is 0 Å². The summed E-state index contributed by atoms with van der Waals surface area (Å²) in [5.74, 6) is -0.999. The fraction of sp³-hybridized carbons (Fsp3) is 0.583. The van der Waals surface area contributed by atoms with Gasteiger partial charge in [0, 0.05) is 4.88 Å². The molecule has 2 rings (SSSR count). The largest absolute Gasteiger partial charge is 0.459 e. The number of cyclic esters (lactones) is 1. The summed E-state index contributed by atoms with van der Waals surface area (Å²) in [6.07, 6.45) is 0.127. The zero-order chi connectivity index (χ0) is 13.5. The van der Waals surface area contributed by atoms with Crippen molar-refractivity contribution in [2.45, 2.75) is 39.7 Å². The van der Waals surface area contributed by atoms with Gasteiger partial charge in [-0.15, -0.1) is 11.3 Å². The minimum atomic E-state index is -0.748. The van der Waals surface area contributed by atoms with Gasteiger partial charge in [-0.05, 0) is 27.7 Å².